The standard InChI is InChI=1S/C14H18N2OS/c1-9(2)17-12-6-4-5-11(7-12)14-16-8-13(18-14)10(3)15/h4-10H,15H2,1-3H3. The molecule has 4 heteroatoms. The Labute approximate surface area is 112 Å². The van der Waals surface area contributed by atoms with E-state index in [-0.39, 0.29) is 12.1 Å². The first-order chi connectivity index (χ1) is 8.56. The summed E-state index contributed by atoms with van der Waals surface area (Å²) in [5.41, 5.74) is 6.92. The Morgan fingerprint density at radius 1 is 1.28 bits per heavy atom. The number of benzene rings is 1. The van der Waals surface area contributed by atoms with Crippen molar-refractivity contribution in [1.29, 1.82) is 0 Å². The quantitative estimate of drug-likeness (QED) is 0.915. The molecule has 0 aliphatic rings. The molecule has 1 heterocycles. The minimum atomic E-state index is 0.0337. The Balaban J connectivity index is 2.26. The molecule has 0 fully saturated rings. The van der Waals surface area contributed by atoms with E-state index in [0.717, 1.165) is 21.2 Å². The number of ether oxygens (including phenoxy) is 1. The SMILES string of the molecule is CC(C)Oc1cccc(-c2ncc(C(C)N)s2)c1. The van der Waals surface area contributed by atoms with E-state index in [9.17, 15) is 0 Å². The second-order valence-electron chi connectivity index (χ2n) is 4.55. The van der Waals surface area contributed by atoms with E-state index in [1.54, 1.807) is 11.3 Å². The smallest absolute Gasteiger partial charge is 0.123 e. The van der Waals surface area contributed by atoms with Crippen molar-refractivity contribution in [2.75, 3.05) is 0 Å². The number of rotatable bonds is 4. The van der Waals surface area contributed by atoms with E-state index in [2.05, 4.69) is 4.98 Å². The van der Waals surface area contributed by atoms with Gasteiger partial charge < -0.3 is 10.5 Å². The molecule has 0 saturated heterocycles. The third kappa shape index (κ3) is 3.09. The summed E-state index contributed by atoms with van der Waals surface area (Å²) in [6.07, 6.45) is 2.02. The number of nitrogens with two attached hydrogens (primary N) is 1. The molecule has 0 radical (unpaired) electrons. The first kappa shape index (κ1) is 13.1. The molecule has 0 amide bonds. The molecule has 1 aromatic carbocycles. The molecule has 3 nitrogen and oxygen atoms in total. The van der Waals surface area contributed by atoms with Gasteiger partial charge in [0, 0.05) is 22.7 Å². The van der Waals surface area contributed by atoms with E-state index in [0.29, 0.717) is 0 Å². The van der Waals surface area contributed by atoms with Gasteiger partial charge in [0.15, 0.2) is 0 Å². The lowest BCUT2D eigenvalue weighted by molar-refractivity contribution is 0.242. The minimum Gasteiger partial charge on any atom is -0.491 e. The molecular weight excluding hydrogens is 244 g/mol. The summed E-state index contributed by atoms with van der Waals surface area (Å²) in [6, 6.07) is 8.04. The van der Waals surface area contributed by atoms with Crippen LogP contribution in [0.15, 0.2) is 30.5 Å². The lowest BCUT2D eigenvalue weighted by Gasteiger charge is -2.10. The molecule has 1 unspecified atom stereocenters. The predicted octanol–water partition coefficient (Wildman–Crippen LogP) is 3.62. The first-order valence-corrected chi connectivity index (χ1v) is 6.86. The summed E-state index contributed by atoms with van der Waals surface area (Å²) in [5, 5.41) is 0.983. The van der Waals surface area contributed by atoms with E-state index in [1.165, 1.54) is 0 Å². The van der Waals surface area contributed by atoms with Crippen LogP contribution < -0.4 is 10.5 Å². The van der Waals surface area contributed by atoms with Gasteiger partial charge in [-0.15, -0.1) is 11.3 Å². The number of hydrogen-bond acceptors (Lipinski definition) is 4. The molecule has 0 spiro atoms. The lowest BCUT2D eigenvalue weighted by atomic mass is 10.2. The van der Waals surface area contributed by atoms with Crippen molar-refractivity contribution in [3.63, 3.8) is 0 Å². The van der Waals surface area contributed by atoms with Crippen molar-refractivity contribution in [2.45, 2.75) is 32.9 Å². The Morgan fingerprint density at radius 3 is 2.67 bits per heavy atom. The van der Waals surface area contributed by atoms with Crippen LogP contribution in [0.3, 0.4) is 0 Å². The van der Waals surface area contributed by atoms with Crippen LogP contribution in [-0.2, 0) is 0 Å². The molecule has 0 bridgehead atoms. The van der Waals surface area contributed by atoms with Crippen molar-refractivity contribution < 1.29 is 4.74 Å². The summed E-state index contributed by atoms with van der Waals surface area (Å²) < 4.78 is 5.68. The minimum absolute atomic E-state index is 0.0337. The van der Waals surface area contributed by atoms with Gasteiger partial charge in [-0.3, -0.25) is 0 Å². The molecule has 2 aromatic rings. The highest BCUT2D eigenvalue weighted by atomic mass is 32.1. The van der Waals surface area contributed by atoms with Crippen molar-refractivity contribution in [3.8, 4) is 16.3 Å². The molecule has 1 aromatic heterocycles. The van der Waals surface area contributed by atoms with Gasteiger partial charge in [0.25, 0.3) is 0 Å². The summed E-state index contributed by atoms with van der Waals surface area (Å²) in [4.78, 5) is 5.51. The van der Waals surface area contributed by atoms with Gasteiger partial charge in [-0.05, 0) is 32.9 Å². The zero-order valence-electron chi connectivity index (χ0n) is 10.9. The Bertz CT molecular complexity index is 520. The maximum atomic E-state index is 5.85. The second-order valence-corrected chi connectivity index (χ2v) is 5.61. The summed E-state index contributed by atoms with van der Waals surface area (Å²) in [5.74, 6) is 0.875. The molecule has 2 N–H and O–H groups in total. The van der Waals surface area contributed by atoms with Crippen LogP contribution in [0.5, 0.6) is 5.75 Å². The maximum absolute atomic E-state index is 5.85. The Morgan fingerprint density at radius 2 is 2.06 bits per heavy atom. The van der Waals surface area contributed by atoms with E-state index >= 15 is 0 Å². The number of thiazole rings is 1. The van der Waals surface area contributed by atoms with E-state index in [4.69, 9.17) is 10.5 Å². The number of hydrogen-bond donors (Lipinski definition) is 1. The molecular formula is C14H18N2OS. The van der Waals surface area contributed by atoms with E-state index in [1.807, 2.05) is 51.2 Å². The summed E-state index contributed by atoms with van der Waals surface area (Å²) in [6.45, 7) is 6.00. The van der Waals surface area contributed by atoms with Crippen molar-refractivity contribution >= 4 is 11.3 Å². The Kier molecular flexibility index (Phi) is 3.99. The zero-order chi connectivity index (χ0) is 13.1. The molecule has 18 heavy (non-hydrogen) atoms. The van der Waals surface area contributed by atoms with Gasteiger partial charge >= 0.3 is 0 Å². The van der Waals surface area contributed by atoms with E-state index < -0.39 is 0 Å². The molecule has 1 atom stereocenters. The fourth-order valence-electron chi connectivity index (χ4n) is 1.61. The van der Waals surface area contributed by atoms with Crippen LogP contribution in [0, 0.1) is 0 Å². The highest BCUT2D eigenvalue weighted by Crippen LogP contribution is 2.30. The molecule has 0 aliphatic carbocycles. The van der Waals surface area contributed by atoms with Crippen molar-refractivity contribution in [1.82, 2.24) is 4.98 Å². The lowest BCUT2D eigenvalue weighted by Crippen LogP contribution is -2.05. The van der Waals surface area contributed by atoms with Crippen molar-refractivity contribution in [2.24, 2.45) is 5.73 Å². The molecule has 96 valence electrons. The van der Waals surface area contributed by atoms with Crippen LogP contribution in [-0.4, -0.2) is 11.1 Å². The zero-order valence-corrected chi connectivity index (χ0v) is 11.7. The fraction of sp³-hybridized carbons (Fsp3) is 0.357. The summed E-state index contributed by atoms with van der Waals surface area (Å²) >= 11 is 1.63. The van der Waals surface area contributed by atoms with Crippen LogP contribution >= 0.6 is 11.3 Å². The van der Waals surface area contributed by atoms with Crippen LogP contribution in [0.2, 0.25) is 0 Å². The average Bonchev–Trinajstić information content (AvgIpc) is 2.77. The molecule has 0 saturated carbocycles. The molecule has 0 aliphatic heterocycles. The first-order valence-electron chi connectivity index (χ1n) is 6.04. The second kappa shape index (κ2) is 5.50. The Hall–Kier alpha value is -1.39. The van der Waals surface area contributed by atoms with Gasteiger partial charge in [-0.2, -0.15) is 0 Å². The largest absolute Gasteiger partial charge is 0.491 e. The maximum Gasteiger partial charge on any atom is 0.123 e. The van der Waals surface area contributed by atoms with Gasteiger partial charge in [0.2, 0.25) is 0 Å². The average molecular weight is 262 g/mol. The normalized spacial score (nSPS) is 12.7. The monoisotopic (exact) mass is 262 g/mol. The third-order valence-corrected chi connectivity index (χ3v) is 3.67. The van der Waals surface area contributed by atoms with Crippen LogP contribution in [0.25, 0.3) is 10.6 Å². The fourth-order valence-corrected chi connectivity index (χ4v) is 2.47. The topological polar surface area (TPSA) is 48.1 Å². The molecule has 2 rings (SSSR count). The van der Waals surface area contributed by atoms with Crippen LogP contribution in [0.1, 0.15) is 31.7 Å². The third-order valence-electron chi connectivity index (χ3n) is 2.43. The van der Waals surface area contributed by atoms with Gasteiger partial charge in [0.05, 0.1) is 6.10 Å². The van der Waals surface area contributed by atoms with Gasteiger partial charge in [-0.1, -0.05) is 12.1 Å². The highest BCUT2D eigenvalue weighted by molar-refractivity contribution is 7.15. The van der Waals surface area contributed by atoms with Gasteiger partial charge in [0.1, 0.15) is 10.8 Å². The van der Waals surface area contributed by atoms with Crippen LogP contribution in [0.4, 0.5) is 0 Å². The van der Waals surface area contributed by atoms with Gasteiger partial charge in [-0.25, -0.2) is 4.98 Å². The highest BCUT2D eigenvalue weighted by Gasteiger charge is 2.08. The van der Waals surface area contributed by atoms with Crippen molar-refractivity contribution in [3.05, 3.63) is 35.3 Å². The number of nitrogens with zero attached hydrogens (tertiary/aromatic N) is 1. The predicted molar refractivity (Wildman–Crippen MR) is 75.9 cm³/mol. The summed E-state index contributed by atoms with van der Waals surface area (Å²) in [7, 11) is 0. The number of aromatic nitrogens is 1.